The van der Waals surface area contributed by atoms with Crippen LogP contribution in [0.15, 0.2) is 79.0 Å². The smallest absolute Gasteiger partial charge is 0.509 e. The third-order valence-corrected chi connectivity index (χ3v) is 10.3. The molecule has 7 rings (SSSR count). The van der Waals surface area contributed by atoms with Gasteiger partial charge in [-0.05, 0) is 110 Å². The number of aromatic nitrogens is 4. The molecule has 0 saturated carbocycles. The molecule has 0 saturated heterocycles. The van der Waals surface area contributed by atoms with Crippen molar-refractivity contribution in [2.45, 2.75) is 100 Å². The molecule has 4 aromatic carbocycles. The molecule has 0 amide bonds. The predicted octanol–water partition coefficient (Wildman–Crippen LogP) is 12.5. The summed E-state index contributed by atoms with van der Waals surface area (Å²) in [6, 6.07) is 33.2. The van der Waals surface area contributed by atoms with Crippen molar-refractivity contribution in [2.24, 2.45) is 5.92 Å². The fraction of sp³-hybridized carbons (Fsp3) is 0.333. The van der Waals surface area contributed by atoms with Gasteiger partial charge in [0.2, 0.25) is 0 Å². The first-order valence-corrected chi connectivity index (χ1v) is 19.2. The maximum Gasteiger partial charge on any atom is 2.00 e. The number of pyridine rings is 1. The Morgan fingerprint density at radius 1 is 0.796 bits per heavy atom. The molecule has 0 fully saturated rings. The molecule has 280 valence electrons. The second-order valence-electron chi connectivity index (χ2n) is 16.2. The molecule has 0 bridgehead atoms. The number of rotatable bonds is 10. The summed E-state index contributed by atoms with van der Waals surface area (Å²) in [7, 11) is 0. The summed E-state index contributed by atoms with van der Waals surface area (Å²) in [4.78, 5) is 4.83. The zero-order chi connectivity index (χ0) is 37.6. The van der Waals surface area contributed by atoms with Gasteiger partial charge in [-0.2, -0.15) is 11.2 Å². The Labute approximate surface area is 335 Å². The van der Waals surface area contributed by atoms with E-state index in [0.717, 1.165) is 70.3 Å². The summed E-state index contributed by atoms with van der Waals surface area (Å²) >= 11 is 0. The van der Waals surface area contributed by atoms with E-state index >= 15 is 0 Å². The molecule has 7 aromatic rings. The van der Waals surface area contributed by atoms with E-state index in [0.29, 0.717) is 17.4 Å². The molecule has 0 N–H and O–H groups in total. The van der Waals surface area contributed by atoms with Crippen LogP contribution < -0.4 is 4.74 Å². The fourth-order valence-corrected chi connectivity index (χ4v) is 7.78. The van der Waals surface area contributed by atoms with Gasteiger partial charge in [-0.15, -0.1) is 41.3 Å². The molecule has 0 aliphatic carbocycles. The van der Waals surface area contributed by atoms with Gasteiger partial charge in [-0.3, -0.25) is 4.68 Å². The summed E-state index contributed by atoms with van der Waals surface area (Å²) in [6.45, 7) is 22.3. The van der Waals surface area contributed by atoms with Crippen molar-refractivity contribution >= 4 is 21.8 Å². The quantitative estimate of drug-likeness (QED) is 0.102. The molecule has 3 heterocycles. The molecule has 0 aliphatic rings. The van der Waals surface area contributed by atoms with Crippen LogP contribution in [-0.2, 0) is 38.7 Å². The van der Waals surface area contributed by atoms with Gasteiger partial charge in [0.05, 0.1) is 5.69 Å². The van der Waals surface area contributed by atoms with Crippen molar-refractivity contribution in [2.75, 3.05) is 0 Å². The molecule has 6 heteroatoms. The van der Waals surface area contributed by atoms with Crippen LogP contribution in [-0.4, -0.2) is 19.3 Å². The number of ether oxygens (including phenoxy) is 1. The van der Waals surface area contributed by atoms with Crippen molar-refractivity contribution in [3.05, 3.63) is 130 Å². The summed E-state index contributed by atoms with van der Waals surface area (Å²) in [5.41, 5.74) is 13.8. The largest absolute Gasteiger partial charge is 2.00 e. The summed E-state index contributed by atoms with van der Waals surface area (Å²) in [5, 5.41) is 7.53. The summed E-state index contributed by atoms with van der Waals surface area (Å²) < 4.78 is 11.1. The first kappa shape index (κ1) is 39.2. The molecule has 3 aromatic heterocycles. The second kappa shape index (κ2) is 15.7. The number of hydrogen-bond donors (Lipinski definition) is 0. The Kier molecular flexibility index (Phi) is 11.4. The van der Waals surface area contributed by atoms with Crippen LogP contribution in [0.3, 0.4) is 0 Å². The van der Waals surface area contributed by atoms with Gasteiger partial charge in [-0.25, -0.2) is 4.98 Å². The Morgan fingerprint density at radius 2 is 1.54 bits per heavy atom. The van der Waals surface area contributed by atoms with Crippen molar-refractivity contribution in [3.63, 3.8) is 0 Å². The maximum absolute atomic E-state index is 6.76. The minimum atomic E-state index is -0.134. The van der Waals surface area contributed by atoms with Gasteiger partial charge in [0.1, 0.15) is 5.82 Å². The second-order valence-corrected chi connectivity index (χ2v) is 16.2. The molecular weight excluding hydrogens is 755 g/mol. The van der Waals surface area contributed by atoms with E-state index in [2.05, 4.69) is 157 Å². The van der Waals surface area contributed by atoms with Gasteiger partial charge >= 0.3 is 20.4 Å². The molecule has 0 unspecified atom stereocenters. The Morgan fingerprint density at radius 3 is 2.24 bits per heavy atom. The topological polar surface area (TPSA) is 44.9 Å². The monoisotopic (exact) mass is 806 g/mol. The zero-order valence-corrected chi connectivity index (χ0v) is 35.0. The normalized spacial score (nSPS) is 11.8. The SMILES string of the molecule is CCCc1ccnc(-n2c3[c-]c(Oc4[c-]c(-n5nc(C)c(-c6c(C)cc(C)cc6C)c5CCC(C)C)cc(C(C)(C)C)c4)ccc3c3ccccc32)c1.[Pd+2]. The van der Waals surface area contributed by atoms with E-state index in [1.165, 1.54) is 39.1 Å². The number of aryl methyl sites for hydroxylation is 5. The molecular formula is C48H52N4OPd. The Bertz CT molecular complexity index is 2440. The molecule has 0 radical (unpaired) electrons. The van der Waals surface area contributed by atoms with Crippen LogP contribution >= 0.6 is 0 Å². The van der Waals surface area contributed by atoms with Crippen LogP contribution in [0.1, 0.15) is 93.6 Å². The minimum absolute atomic E-state index is 0. The zero-order valence-electron chi connectivity index (χ0n) is 33.4. The van der Waals surface area contributed by atoms with Gasteiger partial charge in [-0.1, -0.05) is 89.4 Å². The Hall–Kier alpha value is -4.50. The predicted molar refractivity (Wildman–Crippen MR) is 220 cm³/mol. The number of para-hydroxylation sites is 1. The van der Waals surface area contributed by atoms with Crippen molar-refractivity contribution in [1.82, 2.24) is 19.3 Å². The summed E-state index contributed by atoms with van der Waals surface area (Å²) in [5.74, 6) is 2.71. The van der Waals surface area contributed by atoms with Crippen LogP contribution in [0.5, 0.6) is 11.5 Å². The maximum atomic E-state index is 6.76. The van der Waals surface area contributed by atoms with E-state index in [1.54, 1.807) is 0 Å². The third-order valence-electron chi connectivity index (χ3n) is 10.3. The molecule has 5 nitrogen and oxygen atoms in total. The van der Waals surface area contributed by atoms with E-state index in [9.17, 15) is 0 Å². The van der Waals surface area contributed by atoms with E-state index in [-0.39, 0.29) is 25.8 Å². The van der Waals surface area contributed by atoms with Crippen LogP contribution in [0, 0.1) is 45.7 Å². The fourth-order valence-electron chi connectivity index (χ4n) is 7.78. The number of fused-ring (bicyclic) bond motifs is 3. The van der Waals surface area contributed by atoms with Crippen molar-refractivity contribution < 1.29 is 25.2 Å². The van der Waals surface area contributed by atoms with Crippen molar-refractivity contribution in [1.29, 1.82) is 0 Å². The van der Waals surface area contributed by atoms with Crippen LogP contribution in [0.4, 0.5) is 0 Å². The third kappa shape index (κ3) is 7.70. The van der Waals surface area contributed by atoms with E-state index < -0.39 is 0 Å². The van der Waals surface area contributed by atoms with Gasteiger partial charge in [0.15, 0.2) is 0 Å². The van der Waals surface area contributed by atoms with E-state index in [4.69, 9.17) is 14.8 Å². The molecule has 54 heavy (non-hydrogen) atoms. The van der Waals surface area contributed by atoms with Crippen molar-refractivity contribution in [3.8, 4) is 34.1 Å². The van der Waals surface area contributed by atoms with E-state index in [1.807, 2.05) is 12.3 Å². The number of benzene rings is 4. The van der Waals surface area contributed by atoms with Gasteiger partial charge in [0, 0.05) is 34.5 Å². The first-order chi connectivity index (χ1) is 25.3. The van der Waals surface area contributed by atoms with Crippen LogP contribution in [0.25, 0.3) is 44.4 Å². The average molecular weight is 807 g/mol. The minimum Gasteiger partial charge on any atom is -0.509 e. The molecule has 0 aliphatic heterocycles. The van der Waals surface area contributed by atoms with Gasteiger partial charge < -0.3 is 9.30 Å². The van der Waals surface area contributed by atoms with Gasteiger partial charge in [0.25, 0.3) is 0 Å². The number of hydrogen-bond acceptors (Lipinski definition) is 3. The van der Waals surface area contributed by atoms with Crippen LogP contribution in [0.2, 0.25) is 0 Å². The Balaban J connectivity index is 0.00000497. The first-order valence-electron chi connectivity index (χ1n) is 19.2. The molecule has 0 spiro atoms. The summed E-state index contributed by atoms with van der Waals surface area (Å²) in [6.07, 6.45) is 5.97. The average Bonchev–Trinajstić information content (AvgIpc) is 3.60. The standard InChI is InChI=1S/C48H52N4O.Pd/c1-11-14-35-21-22-49-45(25-35)51-42-16-13-12-15-40(42)41-19-18-38(29-44(41)51)53-39-27-36(48(8,9)10)26-37(28-39)52-43(20-17-30(2)3)47(34(7)50-52)46-32(5)23-31(4)24-33(46)6;/h12-13,15-16,18-19,21-27,30H,11,14,17,20H2,1-10H3;/q-2;+2. The number of nitrogens with zero attached hydrogens (tertiary/aromatic N) is 4. The molecule has 0 atom stereocenters.